The van der Waals surface area contributed by atoms with E-state index in [0.29, 0.717) is 11.8 Å². The molecule has 1 aromatic carbocycles. The lowest BCUT2D eigenvalue weighted by Gasteiger charge is -2.18. The number of aromatic carboxylic acids is 1. The van der Waals surface area contributed by atoms with Gasteiger partial charge in [0.1, 0.15) is 4.90 Å². The van der Waals surface area contributed by atoms with Crippen LogP contribution in [-0.2, 0) is 10.0 Å². The molecule has 0 amide bonds. The van der Waals surface area contributed by atoms with Crippen molar-refractivity contribution in [3.05, 3.63) is 28.8 Å². The van der Waals surface area contributed by atoms with Gasteiger partial charge in [-0.25, -0.2) is 17.9 Å². The maximum atomic E-state index is 12.5. The molecular weight excluding hydrogens is 314 g/mol. The summed E-state index contributed by atoms with van der Waals surface area (Å²) >= 11 is 5.95. The molecule has 0 saturated heterocycles. The number of sulfonamides is 1. The lowest BCUT2D eigenvalue weighted by atomic mass is 10.1. The van der Waals surface area contributed by atoms with Gasteiger partial charge in [-0.1, -0.05) is 11.6 Å². The number of benzene rings is 1. The van der Waals surface area contributed by atoms with Crippen LogP contribution in [0.2, 0.25) is 5.02 Å². The van der Waals surface area contributed by atoms with Gasteiger partial charge in [-0.3, -0.25) is 0 Å². The highest BCUT2D eigenvalue weighted by molar-refractivity contribution is 7.89. The molecule has 2 aliphatic carbocycles. The van der Waals surface area contributed by atoms with Crippen molar-refractivity contribution >= 4 is 27.6 Å². The van der Waals surface area contributed by atoms with E-state index in [2.05, 4.69) is 4.72 Å². The molecule has 0 spiro atoms. The Morgan fingerprint density at radius 3 is 2.29 bits per heavy atom. The molecule has 114 valence electrons. The summed E-state index contributed by atoms with van der Waals surface area (Å²) in [6.07, 6.45) is 4.19. The first kappa shape index (κ1) is 14.8. The highest BCUT2D eigenvalue weighted by Crippen LogP contribution is 2.45. The van der Waals surface area contributed by atoms with Crippen LogP contribution in [0.25, 0.3) is 0 Å². The topological polar surface area (TPSA) is 83.5 Å². The maximum absolute atomic E-state index is 12.5. The normalized spacial score (nSPS) is 19.0. The van der Waals surface area contributed by atoms with Crippen molar-refractivity contribution < 1.29 is 18.3 Å². The number of hydrogen-bond acceptors (Lipinski definition) is 3. The van der Waals surface area contributed by atoms with Crippen molar-refractivity contribution in [3.8, 4) is 0 Å². The number of halogens is 1. The minimum absolute atomic E-state index is 0.0397. The molecule has 3 rings (SSSR count). The van der Waals surface area contributed by atoms with Crippen LogP contribution < -0.4 is 4.72 Å². The largest absolute Gasteiger partial charge is 0.478 e. The molecule has 5 nitrogen and oxygen atoms in total. The van der Waals surface area contributed by atoms with E-state index in [1.54, 1.807) is 0 Å². The molecule has 0 aromatic heterocycles. The highest BCUT2D eigenvalue weighted by atomic mass is 35.5. The fourth-order valence-electron chi connectivity index (χ4n) is 2.57. The Hall–Kier alpha value is -1.11. The van der Waals surface area contributed by atoms with Crippen LogP contribution in [0.15, 0.2) is 23.1 Å². The van der Waals surface area contributed by atoms with Gasteiger partial charge in [-0.05, 0) is 55.7 Å². The first-order valence-electron chi connectivity index (χ1n) is 6.93. The van der Waals surface area contributed by atoms with Gasteiger partial charge in [0.2, 0.25) is 10.0 Å². The molecule has 1 aromatic rings. The minimum atomic E-state index is -3.80. The van der Waals surface area contributed by atoms with Crippen LogP contribution >= 0.6 is 11.6 Å². The summed E-state index contributed by atoms with van der Waals surface area (Å²) in [7, 11) is -3.80. The molecule has 21 heavy (non-hydrogen) atoms. The average molecular weight is 330 g/mol. The number of nitrogens with one attached hydrogen (secondary N) is 1. The molecule has 0 aliphatic heterocycles. The van der Waals surface area contributed by atoms with E-state index in [1.165, 1.54) is 12.1 Å². The second-order valence-electron chi connectivity index (χ2n) is 5.77. The fourth-order valence-corrected chi connectivity index (χ4v) is 4.47. The third kappa shape index (κ3) is 3.22. The molecule has 0 atom stereocenters. The van der Waals surface area contributed by atoms with Crippen molar-refractivity contribution in [3.63, 3.8) is 0 Å². The lowest BCUT2D eigenvalue weighted by molar-refractivity contribution is 0.0696. The number of carboxylic acid groups (broad SMARTS) is 1. The van der Waals surface area contributed by atoms with Crippen LogP contribution in [0.5, 0.6) is 0 Å². The van der Waals surface area contributed by atoms with Gasteiger partial charge in [0.15, 0.2) is 0 Å². The zero-order valence-electron chi connectivity index (χ0n) is 11.3. The summed E-state index contributed by atoms with van der Waals surface area (Å²) in [5.74, 6) is -0.355. The Bertz CT molecular complexity index is 668. The predicted molar refractivity (Wildman–Crippen MR) is 78.0 cm³/mol. The van der Waals surface area contributed by atoms with Crippen molar-refractivity contribution in [2.45, 2.75) is 36.6 Å². The van der Waals surface area contributed by atoms with Crippen LogP contribution in [0, 0.1) is 11.8 Å². The van der Waals surface area contributed by atoms with E-state index in [-0.39, 0.29) is 21.5 Å². The quantitative estimate of drug-likeness (QED) is 0.840. The number of hydrogen-bond donors (Lipinski definition) is 2. The summed E-state index contributed by atoms with van der Waals surface area (Å²) in [6, 6.07) is 3.68. The molecule has 2 N–H and O–H groups in total. The molecule has 7 heteroatoms. The summed E-state index contributed by atoms with van der Waals surface area (Å²) in [5.41, 5.74) is -0.0887. The Morgan fingerprint density at radius 1 is 1.24 bits per heavy atom. The van der Waals surface area contributed by atoms with Crippen molar-refractivity contribution in [2.24, 2.45) is 11.8 Å². The van der Waals surface area contributed by atoms with E-state index < -0.39 is 16.0 Å². The molecule has 0 heterocycles. The lowest BCUT2D eigenvalue weighted by Crippen LogP contribution is -2.38. The SMILES string of the molecule is O=C(O)c1ccc(Cl)c(S(=O)(=O)NC(C2CC2)C2CC2)c1. The van der Waals surface area contributed by atoms with Gasteiger partial charge in [-0.15, -0.1) is 0 Å². The van der Waals surface area contributed by atoms with E-state index in [9.17, 15) is 13.2 Å². The van der Waals surface area contributed by atoms with Gasteiger partial charge in [0, 0.05) is 6.04 Å². The fraction of sp³-hybridized carbons (Fsp3) is 0.500. The van der Waals surface area contributed by atoms with E-state index >= 15 is 0 Å². The Labute approximate surface area is 128 Å². The van der Waals surface area contributed by atoms with Crippen LogP contribution in [0.1, 0.15) is 36.0 Å². The molecule has 2 saturated carbocycles. The van der Waals surface area contributed by atoms with Gasteiger partial charge < -0.3 is 5.11 Å². The summed E-state index contributed by atoms with van der Waals surface area (Å²) in [5, 5.41) is 9.03. The summed E-state index contributed by atoms with van der Waals surface area (Å²) in [6.45, 7) is 0. The van der Waals surface area contributed by atoms with E-state index in [1.807, 2.05) is 0 Å². The van der Waals surface area contributed by atoms with Crippen LogP contribution in [0.3, 0.4) is 0 Å². The van der Waals surface area contributed by atoms with Gasteiger partial charge in [-0.2, -0.15) is 0 Å². The number of carbonyl (C=O) groups is 1. The Balaban J connectivity index is 1.90. The van der Waals surface area contributed by atoms with Gasteiger partial charge >= 0.3 is 5.97 Å². The highest BCUT2D eigenvalue weighted by Gasteiger charge is 2.43. The molecule has 2 aliphatic rings. The molecule has 2 fully saturated rings. The molecule has 0 unspecified atom stereocenters. The Kier molecular flexibility index (Phi) is 3.71. The minimum Gasteiger partial charge on any atom is -0.478 e. The number of rotatable bonds is 6. The van der Waals surface area contributed by atoms with E-state index in [0.717, 1.165) is 31.7 Å². The molecule has 0 bridgehead atoms. The van der Waals surface area contributed by atoms with Crippen molar-refractivity contribution in [2.75, 3.05) is 0 Å². The van der Waals surface area contributed by atoms with Gasteiger partial charge in [0.25, 0.3) is 0 Å². The second-order valence-corrected chi connectivity index (χ2v) is 7.86. The number of carboxylic acids is 1. The predicted octanol–water partition coefficient (Wildman–Crippen LogP) is 2.51. The van der Waals surface area contributed by atoms with Crippen molar-refractivity contribution in [1.82, 2.24) is 4.72 Å². The average Bonchev–Trinajstić information content (AvgIpc) is 3.28. The monoisotopic (exact) mass is 329 g/mol. The standard InChI is InChI=1S/C14H16ClNO4S/c15-11-6-5-10(14(17)18)7-12(11)21(19,20)16-13(8-1-2-8)9-3-4-9/h5-9,13,16H,1-4H2,(H,17,18). The smallest absolute Gasteiger partial charge is 0.335 e. The van der Waals surface area contributed by atoms with Crippen molar-refractivity contribution in [1.29, 1.82) is 0 Å². The third-order valence-electron chi connectivity index (χ3n) is 4.02. The maximum Gasteiger partial charge on any atom is 0.335 e. The van der Waals surface area contributed by atoms with Crippen LogP contribution in [-0.4, -0.2) is 25.5 Å². The summed E-state index contributed by atoms with van der Waals surface area (Å²) < 4.78 is 27.8. The zero-order valence-corrected chi connectivity index (χ0v) is 12.8. The Morgan fingerprint density at radius 2 is 1.81 bits per heavy atom. The summed E-state index contributed by atoms with van der Waals surface area (Å²) in [4.78, 5) is 10.8. The van der Waals surface area contributed by atoms with Gasteiger partial charge in [0.05, 0.1) is 10.6 Å². The first-order valence-corrected chi connectivity index (χ1v) is 8.80. The first-order chi connectivity index (χ1) is 9.88. The zero-order chi connectivity index (χ0) is 15.2. The van der Waals surface area contributed by atoms with Crippen LogP contribution in [0.4, 0.5) is 0 Å². The van der Waals surface area contributed by atoms with E-state index in [4.69, 9.17) is 16.7 Å². The second kappa shape index (κ2) is 5.26. The third-order valence-corrected chi connectivity index (χ3v) is 5.96. The molecule has 0 radical (unpaired) electrons. The molecular formula is C14H16ClNO4S.